The third-order valence-electron chi connectivity index (χ3n) is 3.13. The van der Waals surface area contributed by atoms with E-state index >= 15 is 0 Å². The number of aromatic carboxylic acids is 1. The van der Waals surface area contributed by atoms with Gasteiger partial charge in [0.1, 0.15) is 5.69 Å². The van der Waals surface area contributed by atoms with Gasteiger partial charge in [0.15, 0.2) is 5.69 Å². The normalized spacial score (nSPS) is 11.3. The molecule has 3 N–H and O–H groups in total. The molecule has 0 radical (unpaired) electrons. The van der Waals surface area contributed by atoms with E-state index in [0.717, 1.165) is 14.5 Å². The zero-order valence-corrected chi connectivity index (χ0v) is 13.3. The van der Waals surface area contributed by atoms with E-state index in [9.17, 15) is 9.90 Å². The molecule has 0 amide bonds. The molecule has 2 aromatic carbocycles. The molecule has 0 aliphatic heterocycles. The molecule has 0 bridgehead atoms. The van der Waals surface area contributed by atoms with E-state index in [4.69, 9.17) is 5.11 Å². The molecule has 1 aromatic heterocycles. The van der Waals surface area contributed by atoms with Gasteiger partial charge in [-0.3, -0.25) is 0 Å². The number of halogens is 1. The van der Waals surface area contributed by atoms with E-state index in [-0.39, 0.29) is 22.8 Å². The maximum absolute atomic E-state index is 11.1. The van der Waals surface area contributed by atoms with Crippen LogP contribution in [0.3, 0.4) is 0 Å². The van der Waals surface area contributed by atoms with Gasteiger partial charge in [-0.15, -0.1) is 10.2 Å². The number of hydrogen-bond donors (Lipinski definition) is 3. The van der Waals surface area contributed by atoms with Gasteiger partial charge in [0.2, 0.25) is 5.88 Å². The second kappa shape index (κ2) is 5.76. The maximum Gasteiger partial charge on any atom is 0.337 e. The van der Waals surface area contributed by atoms with Crippen molar-refractivity contribution in [2.75, 3.05) is 0 Å². The summed E-state index contributed by atoms with van der Waals surface area (Å²) in [7, 11) is 0. The average molecular weight is 407 g/mol. The quantitative estimate of drug-likeness (QED) is 0.438. The molecule has 0 fully saturated rings. The molecule has 1 heterocycles. The van der Waals surface area contributed by atoms with Crippen LogP contribution in [0.25, 0.3) is 10.9 Å². The number of fused-ring (bicyclic) bond motifs is 1. The van der Waals surface area contributed by atoms with Crippen LogP contribution in [-0.2, 0) is 0 Å². The largest absolute Gasteiger partial charge is 0.493 e. The van der Waals surface area contributed by atoms with Crippen molar-refractivity contribution in [3.63, 3.8) is 0 Å². The SMILES string of the molecule is O=C(O)c1ccccc1N=Nc1c(O)[nH]c2c(I)cccc12. The Balaban J connectivity index is 2.09. The Hall–Kier alpha value is -2.42. The second-order valence-electron chi connectivity index (χ2n) is 4.51. The summed E-state index contributed by atoms with van der Waals surface area (Å²) in [6, 6.07) is 11.9. The summed E-state index contributed by atoms with van der Waals surface area (Å²) in [6.07, 6.45) is 0. The van der Waals surface area contributed by atoms with Crippen molar-refractivity contribution in [2.24, 2.45) is 10.2 Å². The third-order valence-corrected chi connectivity index (χ3v) is 4.03. The molecule has 0 atom stereocenters. The molecular weight excluding hydrogens is 397 g/mol. The molecule has 6 nitrogen and oxygen atoms in total. The Kier molecular flexibility index (Phi) is 3.80. The molecule has 0 aliphatic rings. The molecule has 0 spiro atoms. The van der Waals surface area contributed by atoms with Crippen LogP contribution < -0.4 is 0 Å². The fraction of sp³-hybridized carbons (Fsp3) is 0. The van der Waals surface area contributed by atoms with Gasteiger partial charge >= 0.3 is 5.97 Å². The van der Waals surface area contributed by atoms with E-state index in [1.807, 2.05) is 18.2 Å². The molecule has 7 heteroatoms. The highest BCUT2D eigenvalue weighted by atomic mass is 127. The summed E-state index contributed by atoms with van der Waals surface area (Å²) in [5.74, 6) is -1.18. The molecular formula is C15H10IN3O3. The number of benzene rings is 2. The predicted molar refractivity (Wildman–Crippen MR) is 90.3 cm³/mol. The lowest BCUT2D eigenvalue weighted by atomic mass is 10.2. The minimum atomic E-state index is -1.08. The van der Waals surface area contributed by atoms with Crippen molar-refractivity contribution in [1.29, 1.82) is 0 Å². The molecule has 0 aliphatic carbocycles. The van der Waals surface area contributed by atoms with Crippen LogP contribution in [0.5, 0.6) is 5.88 Å². The van der Waals surface area contributed by atoms with Gasteiger partial charge in [-0.1, -0.05) is 24.3 Å². The summed E-state index contributed by atoms with van der Waals surface area (Å²) in [6.45, 7) is 0. The highest BCUT2D eigenvalue weighted by Gasteiger charge is 2.13. The van der Waals surface area contributed by atoms with Crippen molar-refractivity contribution in [1.82, 2.24) is 4.98 Å². The van der Waals surface area contributed by atoms with Gasteiger partial charge in [-0.25, -0.2) is 4.79 Å². The Morgan fingerprint density at radius 1 is 1.09 bits per heavy atom. The van der Waals surface area contributed by atoms with E-state index < -0.39 is 5.97 Å². The standard InChI is InChI=1S/C15H10IN3O3/c16-10-6-3-5-9-12(10)17-14(20)13(9)19-18-11-7-2-1-4-8(11)15(21)22/h1-7,17,20H,(H,21,22). The van der Waals surface area contributed by atoms with Crippen LogP contribution >= 0.6 is 22.6 Å². The number of rotatable bonds is 3. The molecule has 0 saturated heterocycles. The predicted octanol–water partition coefficient (Wildman–Crippen LogP) is 4.59. The van der Waals surface area contributed by atoms with Crippen LogP contribution in [0.1, 0.15) is 10.4 Å². The Bertz CT molecular complexity index is 902. The number of H-pyrrole nitrogens is 1. The number of aromatic hydroxyl groups is 1. The van der Waals surface area contributed by atoms with E-state index in [1.54, 1.807) is 18.2 Å². The molecule has 3 rings (SSSR count). The van der Waals surface area contributed by atoms with Crippen molar-refractivity contribution in [3.8, 4) is 5.88 Å². The second-order valence-corrected chi connectivity index (χ2v) is 5.67. The number of nitrogens with zero attached hydrogens (tertiary/aromatic N) is 2. The lowest BCUT2D eigenvalue weighted by Gasteiger charge is -1.98. The fourth-order valence-corrected chi connectivity index (χ4v) is 2.73. The van der Waals surface area contributed by atoms with Gasteiger partial charge < -0.3 is 15.2 Å². The number of carboxylic acid groups (broad SMARTS) is 1. The monoisotopic (exact) mass is 407 g/mol. The number of carboxylic acids is 1. The first kappa shape index (κ1) is 14.5. The molecule has 0 unspecified atom stereocenters. The Morgan fingerprint density at radius 3 is 2.64 bits per heavy atom. The number of carbonyl (C=O) groups is 1. The van der Waals surface area contributed by atoms with Gasteiger partial charge in [-0.05, 0) is 40.8 Å². The molecule has 110 valence electrons. The van der Waals surface area contributed by atoms with Gasteiger partial charge in [-0.2, -0.15) is 0 Å². The number of para-hydroxylation sites is 1. The molecule has 0 saturated carbocycles. The lowest BCUT2D eigenvalue weighted by Crippen LogP contribution is -1.95. The first-order valence-corrected chi connectivity index (χ1v) is 7.39. The zero-order chi connectivity index (χ0) is 15.7. The van der Waals surface area contributed by atoms with Crippen LogP contribution in [-0.4, -0.2) is 21.2 Å². The summed E-state index contributed by atoms with van der Waals surface area (Å²) >= 11 is 2.15. The highest BCUT2D eigenvalue weighted by Crippen LogP contribution is 2.38. The first-order chi connectivity index (χ1) is 10.6. The maximum atomic E-state index is 11.1. The number of nitrogens with one attached hydrogen (secondary N) is 1. The van der Waals surface area contributed by atoms with Crippen molar-refractivity contribution in [3.05, 3.63) is 51.6 Å². The number of aromatic amines is 1. The summed E-state index contributed by atoms with van der Waals surface area (Å²) in [4.78, 5) is 14.0. The summed E-state index contributed by atoms with van der Waals surface area (Å²) < 4.78 is 0.942. The van der Waals surface area contributed by atoms with Crippen LogP contribution in [0.2, 0.25) is 0 Å². The van der Waals surface area contributed by atoms with E-state index in [2.05, 4.69) is 37.8 Å². The van der Waals surface area contributed by atoms with Crippen molar-refractivity contribution in [2.45, 2.75) is 0 Å². The van der Waals surface area contributed by atoms with E-state index in [1.165, 1.54) is 6.07 Å². The van der Waals surface area contributed by atoms with Crippen LogP contribution in [0.15, 0.2) is 52.7 Å². The number of hydrogen-bond acceptors (Lipinski definition) is 4. The lowest BCUT2D eigenvalue weighted by molar-refractivity contribution is 0.0698. The fourth-order valence-electron chi connectivity index (χ4n) is 2.10. The van der Waals surface area contributed by atoms with Gasteiger partial charge in [0.25, 0.3) is 0 Å². The minimum absolute atomic E-state index is 0.0557. The van der Waals surface area contributed by atoms with Gasteiger partial charge in [0.05, 0.1) is 11.1 Å². The summed E-state index contributed by atoms with van der Waals surface area (Å²) in [5, 5.41) is 27.8. The zero-order valence-electron chi connectivity index (χ0n) is 11.1. The molecule has 22 heavy (non-hydrogen) atoms. The smallest absolute Gasteiger partial charge is 0.337 e. The molecule has 3 aromatic rings. The van der Waals surface area contributed by atoms with Gasteiger partial charge in [0, 0.05) is 8.96 Å². The highest BCUT2D eigenvalue weighted by molar-refractivity contribution is 14.1. The Morgan fingerprint density at radius 2 is 1.86 bits per heavy atom. The van der Waals surface area contributed by atoms with Crippen LogP contribution in [0, 0.1) is 3.57 Å². The Labute approximate surface area is 138 Å². The minimum Gasteiger partial charge on any atom is -0.493 e. The average Bonchev–Trinajstić information content (AvgIpc) is 2.82. The third kappa shape index (κ3) is 2.54. The van der Waals surface area contributed by atoms with Crippen LogP contribution in [0.4, 0.5) is 11.4 Å². The number of azo groups is 1. The van der Waals surface area contributed by atoms with Crippen molar-refractivity contribution >= 4 is 50.8 Å². The first-order valence-electron chi connectivity index (χ1n) is 6.31. The van der Waals surface area contributed by atoms with E-state index in [0.29, 0.717) is 0 Å². The van der Waals surface area contributed by atoms with Crippen molar-refractivity contribution < 1.29 is 15.0 Å². The summed E-state index contributed by atoms with van der Waals surface area (Å²) in [5.41, 5.74) is 1.34. The topological polar surface area (TPSA) is 98.0 Å². The number of aromatic nitrogens is 1.